The van der Waals surface area contributed by atoms with E-state index in [0.29, 0.717) is 43.3 Å². The van der Waals surface area contributed by atoms with Gasteiger partial charge in [-0.1, -0.05) is 12.1 Å². The Morgan fingerprint density at radius 2 is 1.75 bits per heavy atom. The molecule has 2 aromatic heterocycles. The maximum atomic E-state index is 12.8. The monoisotopic (exact) mass is 377 g/mol. The molecule has 4 heterocycles. The molecule has 3 aromatic rings. The van der Waals surface area contributed by atoms with Crippen molar-refractivity contribution in [1.29, 1.82) is 0 Å². The minimum Gasteiger partial charge on any atom is -0.485 e. The molecule has 0 N–H and O–H groups in total. The SMILES string of the molecule is O=C([C@@H]1COc2ccccc2O1)N1CCN(c2ccc3nccnc3n2)CC1. The third-order valence-electron chi connectivity index (χ3n) is 5.02. The van der Waals surface area contributed by atoms with Crippen LogP contribution in [-0.4, -0.2) is 64.6 Å². The number of para-hydroxylation sites is 2. The van der Waals surface area contributed by atoms with Crippen molar-refractivity contribution in [2.45, 2.75) is 6.10 Å². The summed E-state index contributed by atoms with van der Waals surface area (Å²) in [6, 6.07) is 11.3. The molecule has 0 saturated carbocycles. The van der Waals surface area contributed by atoms with Gasteiger partial charge in [-0.25, -0.2) is 9.97 Å². The Morgan fingerprint density at radius 3 is 2.61 bits per heavy atom. The minimum absolute atomic E-state index is 0.0357. The van der Waals surface area contributed by atoms with Crippen molar-refractivity contribution in [3.63, 3.8) is 0 Å². The van der Waals surface area contributed by atoms with Gasteiger partial charge >= 0.3 is 0 Å². The lowest BCUT2D eigenvalue weighted by Crippen LogP contribution is -2.54. The van der Waals surface area contributed by atoms with Crippen LogP contribution >= 0.6 is 0 Å². The lowest BCUT2D eigenvalue weighted by Gasteiger charge is -2.37. The Bertz CT molecular complexity index is 1020. The lowest BCUT2D eigenvalue weighted by atomic mass is 10.2. The first kappa shape index (κ1) is 16.7. The normalized spacial score (nSPS) is 18.9. The molecule has 0 radical (unpaired) electrons. The number of ether oxygens (including phenoxy) is 2. The Hall–Kier alpha value is -3.42. The molecule has 142 valence electrons. The smallest absolute Gasteiger partial charge is 0.267 e. The zero-order chi connectivity index (χ0) is 18.9. The summed E-state index contributed by atoms with van der Waals surface area (Å²) in [7, 11) is 0. The first-order valence-corrected chi connectivity index (χ1v) is 9.28. The van der Waals surface area contributed by atoms with Crippen molar-refractivity contribution in [3.8, 4) is 11.5 Å². The van der Waals surface area contributed by atoms with Crippen LogP contribution in [-0.2, 0) is 4.79 Å². The molecular weight excluding hydrogens is 358 g/mol. The number of piperazine rings is 1. The van der Waals surface area contributed by atoms with E-state index >= 15 is 0 Å². The molecule has 8 heteroatoms. The molecule has 28 heavy (non-hydrogen) atoms. The summed E-state index contributed by atoms with van der Waals surface area (Å²) in [4.78, 5) is 29.9. The highest BCUT2D eigenvalue weighted by molar-refractivity contribution is 5.82. The number of aromatic nitrogens is 3. The van der Waals surface area contributed by atoms with Crippen LogP contribution in [0.5, 0.6) is 11.5 Å². The van der Waals surface area contributed by atoms with Gasteiger partial charge < -0.3 is 19.3 Å². The fourth-order valence-electron chi connectivity index (χ4n) is 3.52. The second-order valence-electron chi connectivity index (χ2n) is 6.75. The fraction of sp³-hybridized carbons (Fsp3) is 0.300. The molecule has 0 unspecified atom stereocenters. The predicted molar refractivity (Wildman–Crippen MR) is 102 cm³/mol. The highest BCUT2D eigenvalue weighted by atomic mass is 16.6. The van der Waals surface area contributed by atoms with Crippen molar-refractivity contribution >= 4 is 22.9 Å². The van der Waals surface area contributed by atoms with E-state index < -0.39 is 6.10 Å². The zero-order valence-electron chi connectivity index (χ0n) is 15.2. The topological polar surface area (TPSA) is 80.7 Å². The Labute approximate surface area is 161 Å². The highest BCUT2D eigenvalue weighted by Crippen LogP contribution is 2.31. The van der Waals surface area contributed by atoms with Gasteiger partial charge in [0.2, 0.25) is 6.10 Å². The lowest BCUT2D eigenvalue weighted by molar-refractivity contribution is -0.141. The van der Waals surface area contributed by atoms with Crippen LogP contribution in [0.3, 0.4) is 0 Å². The average Bonchev–Trinajstić information content (AvgIpc) is 2.78. The van der Waals surface area contributed by atoms with Crippen molar-refractivity contribution < 1.29 is 14.3 Å². The van der Waals surface area contributed by atoms with Crippen LogP contribution in [0.4, 0.5) is 5.82 Å². The Kier molecular flexibility index (Phi) is 4.16. The van der Waals surface area contributed by atoms with Crippen molar-refractivity contribution in [3.05, 3.63) is 48.8 Å². The number of hydrogen-bond donors (Lipinski definition) is 0. The van der Waals surface area contributed by atoms with E-state index in [9.17, 15) is 4.79 Å². The summed E-state index contributed by atoms with van der Waals surface area (Å²) >= 11 is 0. The third-order valence-corrected chi connectivity index (χ3v) is 5.02. The molecule has 8 nitrogen and oxygen atoms in total. The van der Waals surface area contributed by atoms with Crippen LogP contribution in [0.25, 0.3) is 11.2 Å². The number of carbonyl (C=O) groups is 1. The standard InChI is InChI=1S/C20H19N5O3/c26-20(17-13-27-15-3-1-2-4-16(15)28-17)25-11-9-24(10-12-25)18-6-5-14-19(23-18)22-8-7-21-14/h1-8,17H,9-13H2/t17-/m0/s1. The number of benzene rings is 1. The van der Waals surface area contributed by atoms with Crippen LogP contribution in [0.2, 0.25) is 0 Å². The third kappa shape index (κ3) is 3.06. The molecule has 1 atom stereocenters. The van der Waals surface area contributed by atoms with Gasteiger partial charge in [-0.05, 0) is 24.3 Å². The quantitative estimate of drug-likeness (QED) is 0.670. The minimum atomic E-state index is -0.601. The number of nitrogens with zero attached hydrogens (tertiary/aromatic N) is 5. The molecule has 0 bridgehead atoms. The number of rotatable bonds is 2. The molecule has 0 aliphatic carbocycles. The van der Waals surface area contributed by atoms with E-state index in [1.165, 1.54) is 0 Å². The summed E-state index contributed by atoms with van der Waals surface area (Å²) in [5.41, 5.74) is 1.40. The van der Waals surface area contributed by atoms with E-state index in [4.69, 9.17) is 9.47 Å². The molecule has 0 spiro atoms. The average molecular weight is 377 g/mol. The Balaban J connectivity index is 1.23. The highest BCUT2D eigenvalue weighted by Gasteiger charge is 2.32. The molecule has 2 aliphatic rings. The summed E-state index contributed by atoms with van der Waals surface area (Å²) in [6.45, 7) is 2.87. The molecule has 2 aliphatic heterocycles. The van der Waals surface area contributed by atoms with Gasteiger partial charge in [0.1, 0.15) is 17.9 Å². The van der Waals surface area contributed by atoms with E-state index in [0.717, 1.165) is 11.3 Å². The van der Waals surface area contributed by atoms with Gasteiger partial charge in [0, 0.05) is 38.6 Å². The summed E-state index contributed by atoms with van der Waals surface area (Å²) in [6.07, 6.45) is 2.69. The van der Waals surface area contributed by atoms with Gasteiger partial charge in [0.15, 0.2) is 17.1 Å². The first-order valence-electron chi connectivity index (χ1n) is 9.28. The molecule has 1 amide bonds. The number of anilines is 1. The predicted octanol–water partition coefficient (Wildman–Crippen LogP) is 1.51. The molecule has 5 rings (SSSR count). The van der Waals surface area contributed by atoms with Gasteiger partial charge in [-0.15, -0.1) is 0 Å². The van der Waals surface area contributed by atoms with Crippen LogP contribution in [0.15, 0.2) is 48.8 Å². The zero-order valence-corrected chi connectivity index (χ0v) is 15.2. The maximum Gasteiger partial charge on any atom is 0.267 e. The second kappa shape index (κ2) is 6.95. The first-order chi connectivity index (χ1) is 13.8. The fourth-order valence-corrected chi connectivity index (χ4v) is 3.52. The van der Waals surface area contributed by atoms with E-state index in [2.05, 4.69) is 19.9 Å². The largest absolute Gasteiger partial charge is 0.485 e. The van der Waals surface area contributed by atoms with Crippen LogP contribution < -0.4 is 14.4 Å². The van der Waals surface area contributed by atoms with E-state index in [-0.39, 0.29) is 12.5 Å². The molecule has 1 fully saturated rings. The number of amides is 1. The van der Waals surface area contributed by atoms with Gasteiger partial charge in [0.25, 0.3) is 5.91 Å². The van der Waals surface area contributed by atoms with Crippen molar-refractivity contribution in [2.24, 2.45) is 0 Å². The van der Waals surface area contributed by atoms with Crippen LogP contribution in [0.1, 0.15) is 0 Å². The van der Waals surface area contributed by atoms with Gasteiger partial charge in [-0.2, -0.15) is 0 Å². The summed E-state index contributed by atoms with van der Waals surface area (Å²) < 4.78 is 11.5. The number of fused-ring (bicyclic) bond motifs is 2. The van der Waals surface area contributed by atoms with Crippen LogP contribution in [0, 0.1) is 0 Å². The Morgan fingerprint density at radius 1 is 0.964 bits per heavy atom. The van der Waals surface area contributed by atoms with E-state index in [1.54, 1.807) is 12.4 Å². The summed E-state index contributed by atoms with van der Waals surface area (Å²) in [5, 5.41) is 0. The maximum absolute atomic E-state index is 12.8. The number of pyridine rings is 1. The molecule has 1 saturated heterocycles. The van der Waals surface area contributed by atoms with E-state index in [1.807, 2.05) is 41.3 Å². The van der Waals surface area contributed by atoms with Gasteiger partial charge in [0.05, 0.1) is 0 Å². The number of hydrogen-bond acceptors (Lipinski definition) is 7. The van der Waals surface area contributed by atoms with Crippen molar-refractivity contribution in [2.75, 3.05) is 37.7 Å². The molecule has 1 aromatic carbocycles. The summed E-state index contributed by atoms with van der Waals surface area (Å²) in [5.74, 6) is 2.12. The number of carbonyl (C=O) groups excluding carboxylic acids is 1. The van der Waals surface area contributed by atoms with Gasteiger partial charge in [-0.3, -0.25) is 9.78 Å². The van der Waals surface area contributed by atoms with Crippen molar-refractivity contribution in [1.82, 2.24) is 19.9 Å². The second-order valence-corrected chi connectivity index (χ2v) is 6.75. The molecular formula is C20H19N5O3.